The maximum absolute atomic E-state index is 12.4. The number of carbonyl (C=O) groups excluding carboxylic acids is 1. The first kappa shape index (κ1) is 37.6. The molecule has 0 unspecified atom stereocenters. The van der Waals surface area contributed by atoms with E-state index in [1.807, 2.05) is 72.8 Å². The summed E-state index contributed by atoms with van der Waals surface area (Å²) in [5.41, 5.74) is 8.25. The minimum atomic E-state index is -0.902. The lowest BCUT2D eigenvalue weighted by molar-refractivity contribution is -0.276. The fourth-order valence-corrected chi connectivity index (χ4v) is 6.91. The Morgan fingerprint density at radius 3 is 1.92 bits per heavy atom. The molecule has 0 aromatic heterocycles. The lowest BCUT2D eigenvalue weighted by Gasteiger charge is -2.43. The standard InChI is InChI=1S/C45H48N2O6/c1-32-41(30-47(28-33-11-4-2-5-12-33)29-34-13-6-3-7-14-34)52-45(53-44(32)37-21-19-35(31-48)20-22-37)38-25-23-36(24-26-38)40-16-9-8-15-39(40)27-46-42(49)17-10-18-43(50)51/h2-9,11-16,19-26,32,41,44-45,48H,10,17-18,27-31H2,1H3,(H,46,49)(H,50,51)/t32-,41+,44+,45+/m1/s1. The van der Waals surface area contributed by atoms with Gasteiger partial charge in [0.05, 0.1) is 18.8 Å². The maximum atomic E-state index is 12.4. The number of ether oxygens (including phenoxy) is 2. The van der Waals surface area contributed by atoms with Gasteiger partial charge in [-0.25, -0.2) is 0 Å². The van der Waals surface area contributed by atoms with Crippen LogP contribution in [0.4, 0.5) is 0 Å². The average molecular weight is 713 g/mol. The number of nitrogens with one attached hydrogen (secondary N) is 1. The Labute approximate surface area is 312 Å². The van der Waals surface area contributed by atoms with Gasteiger partial charge in [-0.2, -0.15) is 0 Å². The van der Waals surface area contributed by atoms with Crippen molar-refractivity contribution < 1.29 is 29.3 Å². The first-order valence-corrected chi connectivity index (χ1v) is 18.3. The molecular formula is C45H48N2O6. The number of carboxylic acid groups (broad SMARTS) is 1. The summed E-state index contributed by atoms with van der Waals surface area (Å²) in [5, 5.41) is 21.5. The molecule has 5 aromatic rings. The van der Waals surface area contributed by atoms with Gasteiger partial charge in [0, 0.05) is 50.5 Å². The number of aliphatic hydroxyl groups is 1. The van der Waals surface area contributed by atoms with Crippen molar-refractivity contribution in [3.63, 3.8) is 0 Å². The van der Waals surface area contributed by atoms with E-state index in [0.717, 1.165) is 46.5 Å². The highest BCUT2D eigenvalue weighted by Crippen LogP contribution is 2.42. The summed E-state index contributed by atoms with van der Waals surface area (Å²) in [6.07, 6.45) is -0.538. The Bertz CT molecular complexity index is 1860. The van der Waals surface area contributed by atoms with Crippen LogP contribution in [0.1, 0.15) is 72.0 Å². The van der Waals surface area contributed by atoms with Crippen LogP contribution in [-0.2, 0) is 45.3 Å². The minimum absolute atomic E-state index is 0.0156. The monoisotopic (exact) mass is 712 g/mol. The average Bonchev–Trinajstić information content (AvgIpc) is 3.19. The third-order valence-electron chi connectivity index (χ3n) is 9.84. The highest BCUT2D eigenvalue weighted by atomic mass is 16.7. The predicted molar refractivity (Wildman–Crippen MR) is 205 cm³/mol. The molecule has 8 nitrogen and oxygen atoms in total. The molecule has 0 spiro atoms. The molecule has 3 N–H and O–H groups in total. The number of amides is 1. The molecule has 1 heterocycles. The van der Waals surface area contributed by atoms with Gasteiger partial charge in [-0.05, 0) is 45.4 Å². The molecule has 1 aliphatic heterocycles. The molecule has 53 heavy (non-hydrogen) atoms. The molecule has 0 radical (unpaired) electrons. The van der Waals surface area contributed by atoms with E-state index in [4.69, 9.17) is 14.6 Å². The molecule has 1 saturated heterocycles. The van der Waals surface area contributed by atoms with E-state index >= 15 is 0 Å². The highest BCUT2D eigenvalue weighted by Gasteiger charge is 2.39. The molecule has 1 aliphatic rings. The zero-order valence-corrected chi connectivity index (χ0v) is 30.1. The number of aliphatic hydroxyl groups excluding tert-OH is 1. The van der Waals surface area contributed by atoms with E-state index in [2.05, 4.69) is 77.8 Å². The second-order valence-electron chi connectivity index (χ2n) is 13.8. The van der Waals surface area contributed by atoms with Crippen LogP contribution in [0.15, 0.2) is 133 Å². The molecule has 8 heteroatoms. The number of carbonyl (C=O) groups is 2. The first-order valence-electron chi connectivity index (χ1n) is 18.3. The third-order valence-corrected chi connectivity index (χ3v) is 9.84. The van der Waals surface area contributed by atoms with Gasteiger partial charge in [-0.15, -0.1) is 0 Å². The van der Waals surface area contributed by atoms with Crippen molar-refractivity contribution in [2.45, 2.75) is 70.9 Å². The van der Waals surface area contributed by atoms with Crippen LogP contribution in [0.3, 0.4) is 0 Å². The van der Waals surface area contributed by atoms with Crippen molar-refractivity contribution in [3.05, 3.63) is 167 Å². The molecule has 0 bridgehead atoms. The normalized spacial score (nSPS) is 18.5. The molecule has 1 amide bonds. The van der Waals surface area contributed by atoms with Gasteiger partial charge in [0.15, 0.2) is 6.29 Å². The van der Waals surface area contributed by atoms with Crippen LogP contribution in [0.25, 0.3) is 11.1 Å². The van der Waals surface area contributed by atoms with Gasteiger partial charge >= 0.3 is 5.97 Å². The van der Waals surface area contributed by atoms with Crippen molar-refractivity contribution in [3.8, 4) is 11.1 Å². The van der Waals surface area contributed by atoms with E-state index in [1.54, 1.807) is 0 Å². The quantitative estimate of drug-likeness (QED) is 0.0947. The number of hydrogen-bond donors (Lipinski definition) is 3. The fourth-order valence-electron chi connectivity index (χ4n) is 6.91. The van der Waals surface area contributed by atoms with Gasteiger partial charge in [0.25, 0.3) is 0 Å². The van der Waals surface area contributed by atoms with E-state index in [-0.39, 0.29) is 43.5 Å². The van der Waals surface area contributed by atoms with Crippen molar-refractivity contribution in [2.24, 2.45) is 5.92 Å². The summed E-state index contributed by atoms with van der Waals surface area (Å²) in [7, 11) is 0. The summed E-state index contributed by atoms with van der Waals surface area (Å²) in [5.74, 6) is -1.04. The van der Waals surface area contributed by atoms with E-state index in [0.29, 0.717) is 19.5 Å². The third kappa shape index (κ3) is 10.5. The number of carboxylic acids is 1. The molecule has 5 aromatic carbocycles. The Kier molecular flexibility index (Phi) is 13.2. The molecule has 4 atom stereocenters. The molecule has 274 valence electrons. The van der Waals surface area contributed by atoms with E-state index in [1.165, 1.54) is 11.1 Å². The Balaban J connectivity index is 1.23. The lowest BCUT2D eigenvalue weighted by Crippen LogP contribution is -2.44. The first-order chi connectivity index (χ1) is 25.9. The van der Waals surface area contributed by atoms with Gasteiger partial charge in [-0.1, -0.05) is 140 Å². The number of rotatable bonds is 16. The van der Waals surface area contributed by atoms with Crippen LogP contribution in [0.2, 0.25) is 0 Å². The van der Waals surface area contributed by atoms with Gasteiger partial charge in [0.1, 0.15) is 0 Å². The van der Waals surface area contributed by atoms with Crippen LogP contribution >= 0.6 is 0 Å². The SMILES string of the molecule is C[C@@H]1[C@H](CN(Cc2ccccc2)Cc2ccccc2)O[C@H](c2ccc(-c3ccccc3CNC(=O)CCCC(=O)O)cc2)O[C@@H]1c1ccc(CO)cc1. The largest absolute Gasteiger partial charge is 0.481 e. The van der Waals surface area contributed by atoms with Crippen molar-refractivity contribution in [1.82, 2.24) is 10.2 Å². The topological polar surface area (TPSA) is 108 Å². The van der Waals surface area contributed by atoms with Crippen LogP contribution in [0, 0.1) is 5.92 Å². The Morgan fingerprint density at radius 2 is 1.30 bits per heavy atom. The zero-order chi connectivity index (χ0) is 37.0. The number of nitrogens with zero attached hydrogens (tertiary/aromatic N) is 1. The van der Waals surface area contributed by atoms with Crippen molar-refractivity contribution in [2.75, 3.05) is 6.54 Å². The van der Waals surface area contributed by atoms with Gasteiger partial charge in [0.2, 0.25) is 5.91 Å². The highest BCUT2D eigenvalue weighted by molar-refractivity contribution is 5.77. The fraction of sp³-hybridized carbons (Fsp3) is 0.289. The molecular weight excluding hydrogens is 665 g/mol. The summed E-state index contributed by atoms with van der Waals surface area (Å²) in [6.45, 7) is 4.78. The van der Waals surface area contributed by atoms with E-state index in [9.17, 15) is 14.7 Å². The summed E-state index contributed by atoms with van der Waals surface area (Å²) < 4.78 is 13.7. The molecule has 0 aliphatic carbocycles. The van der Waals surface area contributed by atoms with Crippen molar-refractivity contribution >= 4 is 11.9 Å². The van der Waals surface area contributed by atoms with Crippen molar-refractivity contribution in [1.29, 1.82) is 0 Å². The maximum Gasteiger partial charge on any atom is 0.303 e. The predicted octanol–water partition coefficient (Wildman–Crippen LogP) is 8.21. The Hall–Kier alpha value is -5.12. The summed E-state index contributed by atoms with van der Waals surface area (Å²) in [6, 6.07) is 45.2. The molecule has 0 saturated carbocycles. The number of aliphatic carboxylic acids is 1. The van der Waals surface area contributed by atoms with Crippen LogP contribution in [-0.4, -0.2) is 39.6 Å². The van der Waals surface area contributed by atoms with Crippen LogP contribution < -0.4 is 5.32 Å². The summed E-state index contributed by atoms with van der Waals surface area (Å²) in [4.78, 5) is 25.7. The summed E-state index contributed by atoms with van der Waals surface area (Å²) >= 11 is 0. The molecule has 6 rings (SSSR count). The second kappa shape index (κ2) is 18.6. The van der Waals surface area contributed by atoms with E-state index < -0.39 is 12.3 Å². The number of benzene rings is 5. The van der Waals surface area contributed by atoms with Crippen LogP contribution in [0.5, 0.6) is 0 Å². The lowest BCUT2D eigenvalue weighted by atomic mass is 9.89. The zero-order valence-electron chi connectivity index (χ0n) is 30.1. The second-order valence-corrected chi connectivity index (χ2v) is 13.8. The Morgan fingerprint density at radius 1 is 0.698 bits per heavy atom. The van der Waals surface area contributed by atoms with Gasteiger partial charge in [-0.3, -0.25) is 14.5 Å². The smallest absolute Gasteiger partial charge is 0.303 e. The molecule has 1 fully saturated rings. The minimum Gasteiger partial charge on any atom is -0.481 e. The number of hydrogen-bond acceptors (Lipinski definition) is 6. The van der Waals surface area contributed by atoms with Gasteiger partial charge < -0.3 is 25.0 Å².